The number of amides is 1. The summed E-state index contributed by atoms with van der Waals surface area (Å²) in [6, 6.07) is 4.59. The standard InChI is InChI=1S/C14H17ClFNO2/c15-12-4-1-5-13(16)11(12)6-7-17-14(18)10-3-2-8-19-9-10/h1,4-5,10H,2-3,6-9H2,(H,17,18)/t10-/m1/s1. The molecule has 2 rings (SSSR count). The van der Waals surface area contributed by atoms with Crippen LogP contribution in [0.1, 0.15) is 18.4 Å². The highest BCUT2D eigenvalue weighted by Gasteiger charge is 2.21. The fourth-order valence-electron chi connectivity index (χ4n) is 2.17. The molecule has 0 bridgehead atoms. The smallest absolute Gasteiger partial charge is 0.225 e. The lowest BCUT2D eigenvalue weighted by Gasteiger charge is -2.21. The Bertz CT molecular complexity index is 427. The Morgan fingerprint density at radius 1 is 1.53 bits per heavy atom. The van der Waals surface area contributed by atoms with Crippen molar-refractivity contribution in [2.24, 2.45) is 5.92 Å². The molecule has 0 saturated carbocycles. The maximum absolute atomic E-state index is 13.5. The van der Waals surface area contributed by atoms with Crippen LogP contribution in [-0.2, 0) is 16.0 Å². The zero-order valence-electron chi connectivity index (χ0n) is 10.6. The van der Waals surface area contributed by atoms with Gasteiger partial charge in [-0.1, -0.05) is 17.7 Å². The topological polar surface area (TPSA) is 38.3 Å². The molecule has 0 aliphatic carbocycles. The average molecular weight is 286 g/mol. The first-order valence-electron chi connectivity index (χ1n) is 6.47. The molecule has 5 heteroatoms. The van der Waals surface area contributed by atoms with Gasteiger partial charge in [-0.2, -0.15) is 0 Å². The number of hydrogen-bond donors (Lipinski definition) is 1. The van der Waals surface area contributed by atoms with E-state index in [1.54, 1.807) is 12.1 Å². The van der Waals surface area contributed by atoms with Gasteiger partial charge in [-0.3, -0.25) is 4.79 Å². The maximum atomic E-state index is 13.5. The zero-order chi connectivity index (χ0) is 13.7. The Labute approximate surface area is 117 Å². The summed E-state index contributed by atoms with van der Waals surface area (Å²) in [7, 11) is 0. The first-order chi connectivity index (χ1) is 9.18. The van der Waals surface area contributed by atoms with Gasteiger partial charge >= 0.3 is 0 Å². The van der Waals surface area contributed by atoms with E-state index < -0.39 is 0 Å². The minimum absolute atomic E-state index is 0.0211. The van der Waals surface area contributed by atoms with Crippen LogP contribution in [0.15, 0.2) is 18.2 Å². The molecule has 1 atom stereocenters. The highest BCUT2D eigenvalue weighted by molar-refractivity contribution is 6.31. The molecule has 1 aliphatic rings. The van der Waals surface area contributed by atoms with Crippen molar-refractivity contribution in [1.82, 2.24) is 5.32 Å². The van der Waals surface area contributed by atoms with Crippen LogP contribution >= 0.6 is 11.6 Å². The number of ether oxygens (including phenoxy) is 1. The van der Waals surface area contributed by atoms with Gasteiger partial charge in [0.05, 0.1) is 12.5 Å². The summed E-state index contributed by atoms with van der Waals surface area (Å²) in [5.74, 6) is -0.431. The van der Waals surface area contributed by atoms with Gasteiger partial charge in [0.1, 0.15) is 5.82 Å². The first kappa shape index (κ1) is 14.3. The quantitative estimate of drug-likeness (QED) is 0.923. The van der Waals surface area contributed by atoms with E-state index in [4.69, 9.17) is 16.3 Å². The van der Waals surface area contributed by atoms with Crippen LogP contribution in [-0.4, -0.2) is 25.7 Å². The number of halogens is 2. The number of hydrogen-bond acceptors (Lipinski definition) is 2. The Morgan fingerprint density at radius 2 is 2.37 bits per heavy atom. The summed E-state index contributed by atoms with van der Waals surface area (Å²) in [5, 5.41) is 3.21. The van der Waals surface area contributed by atoms with Crippen molar-refractivity contribution < 1.29 is 13.9 Å². The molecule has 104 valence electrons. The maximum Gasteiger partial charge on any atom is 0.225 e. The molecule has 0 spiro atoms. The predicted octanol–water partition coefficient (Wildman–Crippen LogP) is 2.56. The Morgan fingerprint density at radius 3 is 3.05 bits per heavy atom. The van der Waals surface area contributed by atoms with Crippen LogP contribution in [0.4, 0.5) is 4.39 Å². The second kappa shape index (κ2) is 6.87. The van der Waals surface area contributed by atoms with Crippen LogP contribution in [0.3, 0.4) is 0 Å². The highest BCUT2D eigenvalue weighted by Crippen LogP contribution is 2.19. The minimum atomic E-state index is -0.331. The molecular formula is C14H17ClFNO2. The second-order valence-corrected chi connectivity index (χ2v) is 5.06. The third-order valence-corrected chi connectivity index (χ3v) is 3.62. The molecule has 3 nitrogen and oxygen atoms in total. The molecular weight excluding hydrogens is 269 g/mol. The van der Waals surface area contributed by atoms with E-state index in [1.165, 1.54) is 6.07 Å². The summed E-state index contributed by atoms with van der Waals surface area (Å²) < 4.78 is 18.8. The van der Waals surface area contributed by atoms with Crippen molar-refractivity contribution in [2.45, 2.75) is 19.3 Å². The van der Waals surface area contributed by atoms with Crippen LogP contribution in [0, 0.1) is 11.7 Å². The van der Waals surface area contributed by atoms with Crippen molar-refractivity contribution in [3.05, 3.63) is 34.6 Å². The fourth-order valence-corrected chi connectivity index (χ4v) is 2.43. The van der Waals surface area contributed by atoms with Crippen molar-refractivity contribution in [1.29, 1.82) is 0 Å². The highest BCUT2D eigenvalue weighted by atomic mass is 35.5. The SMILES string of the molecule is O=C(NCCc1c(F)cccc1Cl)[C@@H]1CCCOC1. The molecule has 1 fully saturated rings. The predicted molar refractivity (Wildman–Crippen MR) is 71.7 cm³/mol. The largest absolute Gasteiger partial charge is 0.381 e. The third-order valence-electron chi connectivity index (χ3n) is 3.27. The first-order valence-corrected chi connectivity index (χ1v) is 6.84. The lowest BCUT2D eigenvalue weighted by atomic mass is 10.0. The van der Waals surface area contributed by atoms with Gasteiger partial charge in [0, 0.05) is 23.7 Å². The van der Waals surface area contributed by atoms with Crippen LogP contribution in [0.5, 0.6) is 0 Å². The number of rotatable bonds is 4. The number of carbonyl (C=O) groups excluding carboxylic acids is 1. The van der Waals surface area contributed by atoms with E-state index >= 15 is 0 Å². The average Bonchev–Trinajstić information content (AvgIpc) is 2.43. The van der Waals surface area contributed by atoms with Crippen LogP contribution < -0.4 is 5.32 Å². The number of benzene rings is 1. The van der Waals surface area contributed by atoms with Gasteiger partial charge in [0.15, 0.2) is 0 Å². The van der Waals surface area contributed by atoms with E-state index in [1.807, 2.05) is 0 Å². The molecule has 1 heterocycles. The Kier molecular flexibility index (Phi) is 5.16. The van der Waals surface area contributed by atoms with Crippen molar-refractivity contribution >= 4 is 17.5 Å². The molecule has 19 heavy (non-hydrogen) atoms. The van der Waals surface area contributed by atoms with E-state index in [-0.39, 0.29) is 17.6 Å². The van der Waals surface area contributed by atoms with Crippen molar-refractivity contribution in [2.75, 3.05) is 19.8 Å². The molecule has 0 aromatic heterocycles. The lowest BCUT2D eigenvalue weighted by molar-refractivity contribution is -0.128. The summed E-state index contributed by atoms with van der Waals surface area (Å²) in [6.45, 7) is 1.59. The van der Waals surface area contributed by atoms with Gasteiger partial charge < -0.3 is 10.1 Å². The van der Waals surface area contributed by atoms with E-state index in [0.29, 0.717) is 30.2 Å². The lowest BCUT2D eigenvalue weighted by Crippen LogP contribution is -2.36. The van der Waals surface area contributed by atoms with Gasteiger partial charge in [-0.25, -0.2) is 4.39 Å². The van der Waals surface area contributed by atoms with Crippen LogP contribution in [0.2, 0.25) is 5.02 Å². The Hall–Kier alpha value is -1.13. The normalized spacial score (nSPS) is 19.2. The Balaban J connectivity index is 1.81. The summed E-state index contributed by atoms with van der Waals surface area (Å²) in [6.07, 6.45) is 2.16. The van der Waals surface area contributed by atoms with E-state index in [0.717, 1.165) is 19.4 Å². The zero-order valence-corrected chi connectivity index (χ0v) is 11.4. The third kappa shape index (κ3) is 3.91. The summed E-state index contributed by atoms with van der Waals surface area (Å²) in [4.78, 5) is 11.8. The van der Waals surface area contributed by atoms with Gasteiger partial charge in [0.25, 0.3) is 0 Å². The number of carbonyl (C=O) groups is 1. The summed E-state index contributed by atoms with van der Waals surface area (Å²) >= 11 is 5.92. The molecule has 0 radical (unpaired) electrons. The number of nitrogens with one attached hydrogen (secondary N) is 1. The molecule has 1 amide bonds. The molecule has 0 unspecified atom stereocenters. The van der Waals surface area contributed by atoms with Gasteiger partial charge in [-0.05, 0) is 31.4 Å². The monoisotopic (exact) mass is 285 g/mol. The van der Waals surface area contributed by atoms with E-state index in [9.17, 15) is 9.18 Å². The summed E-state index contributed by atoms with van der Waals surface area (Å²) in [5.41, 5.74) is 0.448. The fraction of sp³-hybridized carbons (Fsp3) is 0.500. The minimum Gasteiger partial charge on any atom is -0.381 e. The second-order valence-electron chi connectivity index (χ2n) is 4.66. The molecule has 1 N–H and O–H groups in total. The molecule has 1 saturated heterocycles. The molecule has 1 aliphatic heterocycles. The molecule has 1 aromatic carbocycles. The van der Waals surface area contributed by atoms with Crippen LogP contribution in [0.25, 0.3) is 0 Å². The van der Waals surface area contributed by atoms with Gasteiger partial charge in [-0.15, -0.1) is 0 Å². The van der Waals surface area contributed by atoms with Crippen molar-refractivity contribution in [3.63, 3.8) is 0 Å². The van der Waals surface area contributed by atoms with E-state index in [2.05, 4.69) is 5.32 Å². The van der Waals surface area contributed by atoms with Crippen molar-refractivity contribution in [3.8, 4) is 0 Å². The van der Waals surface area contributed by atoms with Gasteiger partial charge in [0.2, 0.25) is 5.91 Å². The molecule has 1 aromatic rings.